The van der Waals surface area contributed by atoms with Crippen LogP contribution in [0.3, 0.4) is 0 Å². The molecule has 126 valence electrons. The third-order valence-corrected chi connectivity index (χ3v) is 4.83. The van der Waals surface area contributed by atoms with Crippen molar-refractivity contribution in [2.45, 2.75) is 13.0 Å². The zero-order valence-corrected chi connectivity index (χ0v) is 14.6. The lowest BCUT2D eigenvalue weighted by Crippen LogP contribution is -2.01. The number of aromatic amines is 1. The maximum Gasteiger partial charge on any atom is 0.180 e. The van der Waals surface area contributed by atoms with Gasteiger partial charge in [-0.05, 0) is 42.0 Å². The molecule has 0 saturated heterocycles. The number of imidazole rings is 2. The van der Waals surface area contributed by atoms with Crippen LogP contribution in [0.5, 0.6) is 0 Å². The lowest BCUT2D eigenvalue weighted by atomic mass is 10.1. The van der Waals surface area contributed by atoms with Gasteiger partial charge in [-0.3, -0.25) is 0 Å². The Balaban J connectivity index is 1.62. The SMILES string of the molecule is Cn1c(Cc2ccc(F)cc2)cn(Cc2nc3ccccc3[nH]2)c1=S. The Kier molecular flexibility index (Phi) is 3.97. The van der Waals surface area contributed by atoms with Gasteiger partial charge in [-0.15, -0.1) is 0 Å². The third-order valence-electron chi connectivity index (χ3n) is 4.33. The summed E-state index contributed by atoms with van der Waals surface area (Å²) < 4.78 is 17.8. The Morgan fingerprint density at radius 2 is 1.88 bits per heavy atom. The van der Waals surface area contributed by atoms with Crippen LogP contribution in [0.4, 0.5) is 4.39 Å². The molecule has 6 heteroatoms. The summed E-state index contributed by atoms with van der Waals surface area (Å²) in [6.07, 6.45) is 2.74. The summed E-state index contributed by atoms with van der Waals surface area (Å²) >= 11 is 5.56. The molecule has 4 aromatic rings. The van der Waals surface area contributed by atoms with Crippen molar-refractivity contribution in [3.63, 3.8) is 0 Å². The molecule has 0 aliphatic heterocycles. The van der Waals surface area contributed by atoms with E-state index in [1.165, 1.54) is 12.1 Å². The van der Waals surface area contributed by atoms with Crippen LogP contribution in [0.25, 0.3) is 11.0 Å². The second-order valence-electron chi connectivity index (χ2n) is 6.09. The maximum atomic E-state index is 13.1. The highest BCUT2D eigenvalue weighted by Gasteiger charge is 2.09. The van der Waals surface area contributed by atoms with E-state index in [9.17, 15) is 4.39 Å². The Hall–Kier alpha value is -2.73. The van der Waals surface area contributed by atoms with Gasteiger partial charge in [0, 0.05) is 25.4 Å². The second-order valence-corrected chi connectivity index (χ2v) is 6.46. The third kappa shape index (κ3) is 3.13. The quantitative estimate of drug-likeness (QED) is 0.559. The summed E-state index contributed by atoms with van der Waals surface area (Å²) in [6, 6.07) is 14.5. The van der Waals surface area contributed by atoms with Gasteiger partial charge in [0.15, 0.2) is 4.77 Å². The Bertz CT molecular complexity index is 1060. The van der Waals surface area contributed by atoms with Crippen molar-refractivity contribution in [1.29, 1.82) is 0 Å². The van der Waals surface area contributed by atoms with E-state index in [0.29, 0.717) is 13.0 Å². The minimum atomic E-state index is -0.223. The number of fused-ring (bicyclic) bond motifs is 1. The van der Waals surface area contributed by atoms with Crippen molar-refractivity contribution in [3.05, 3.63) is 82.4 Å². The maximum absolute atomic E-state index is 13.1. The van der Waals surface area contributed by atoms with Gasteiger partial charge < -0.3 is 14.1 Å². The van der Waals surface area contributed by atoms with E-state index in [-0.39, 0.29) is 5.82 Å². The van der Waals surface area contributed by atoms with Crippen molar-refractivity contribution < 1.29 is 4.39 Å². The molecular formula is C19H17FN4S. The van der Waals surface area contributed by atoms with E-state index in [2.05, 4.69) is 9.97 Å². The standard InChI is InChI=1S/C19H17FN4S/c1-23-15(10-13-6-8-14(20)9-7-13)11-24(19(23)25)12-18-21-16-4-2-3-5-17(16)22-18/h2-9,11H,10,12H2,1H3,(H,21,22). The van der Waals surface area contributed by atoms with E-state index in [1.54, 1.807) is 12.1 Å². The number of halogens is 1. The molecule has 4 nitrogen and oxygen atoms in total. The number of nitrogens with zero attached hydrogens (tertiary/aromatic N) is 3. The van der Waals surface area contributed by atoms with Crippen LogP contribution in [0.2, 0.25) is 0 Å². The molecule has 2 aromatic carbocycles. The zero-order valence-electron chi connectivity index (χ0n) is 13.7. The average molecular weight is 352 g/mol. The highest BCUT2D eigenvalue weighted by molar-refractivity contribution is 7.71. The predicted molar refractivity (Wildman–Crippen MR) is 98.6 cm³/mol. The number of H-pyrrole nitrogens is 1. The van der Waals surface area contributed by atoms with Crippen LogP contribution in [-0.4, -0.2) is 19.1 Å². The zero-order chi connectivity index (χ0) is 17.4. The average Bonchev–Trinajstić information content (AvgIpc) is 3.13. The van der Waals surface area contributed by atoms with E-state index in [4.69, 9.17) is 12.2 Å². The largest absolute Gasteiger partial charge is 0.340 e. The molecule has 0 saturated carbocycles. The fraction of sp³-hybridized carbons (Fsp3) is 0.158. The molecule has 2 heterocycles. The molecule has 0 bridgehead atoms. The highest BCUT2D eigenvalue weighted by atomic mass is 32.1. The number of aromatic nitrogens is 4. The fourth-order valence-corrected chi connectivity index (χ4v) is 3.20. The van der Waals surface area contributed by atoms with Crippen LogP contribution in [0.15, 0.2) is 54.7 Å². The molecular weight excluding hydrogens is 335 g/mol. The van der Waals surface area contributed by atoms with Crippen molar-refractivity contribution in [1.82, 2.24) is 19.1 Å². The molecule has 0 spiro atoms. The summed E-state index contributed by atoms with van der Waals surface area (Å²) in [4.78, 5) is 7.93. The summed E-state index contributed by atoms with van der Waals surface area (Å²) in [5.74, 6) is 0.649. The Labute approximate surface area is 149 Å². The first-order valence-electron chi connectivity index (χ1n) is 8.03. The van der Waals surface area contributed by atoms with E-state index >= 15 is 0 Å². The van der Waals surface area contributed by atoms with Gasteiger partial charge in [0.2, 0.25) is 0 Å². The topological polar surface area (TPSA) is 38.5 Å². The van der Waals surface area contributed by atoms with Crippen molar-refractivity contribution in [2.75, 3.05) is 0 Å². The summed E-state index contributed by atoms with van der Waals surface area (Å²) in [6.45, 7) is 0.588. The number of rotatable bonds is 4. The molecule has 0 unspecified atom stereocenters. The van der Waals surface area contributed by atoms with Crippen LogP contribution in [-0.2, 0) is 20.0 Å². The van der Waals surface area contributed by atoms with Gasteiger partial charge >= 0.3 is 0 Å². The van der Waals surface area contributed by atoms with E-state index in [1.807, 2.05) is 46.6 Å². The van der Waals surface area contributed by atoms with Crippen molar-refractivity contribution >= 4 is 23.3 Å². The van der Waals surface area contributed by atoms with Gasteiger partial charge in [0.25, 0.3) is 0 Å². The molecule has 1 N–H and O–H groups in total. The first kappa shape index (κ1) is 15.8. The van der Waals surface area contributed by atoms with Gasteiger partial charge in [-0.25, -0.2) is 9.37 Å². The van der Waals surface area contributed by atoms with Gasteiger partial charge in [-0.2, -0.15) is 0 Å². The van der Waals surface area contributed by atoms with Crippen LogP contribution in [0.1, 0.15) is 17.1 Å². The lowest BCUT2D eigenvalue weighted by Gasteiger charge is -2.02. The molecule has 0 aliphatic carbocycles. The van der Waals surface area contributed by atoms with Crippen molar-refractivity contribution in [2.24, 2.45) is 7.05 Å². The minimum Gasteiger partial charge on any atom is -0.340 e. The second kappa shape index (κ2) is 6.29. The first-order chi connectivity index (χ1) is 12.1. The highest BCUT2D eigenvalue weighted by Crippen LogP contribution is 2.15. The van der Waals surface area contributed by atoms with Crippen LogP contribution < -0.4 is 0 Å². The summed E-state index contributed by atoms with van der Waals surface area (Å²) in [5, 5.41) is 0. The lowest BCUT2D eigenvalue weighted by molar-refractivity contribution is 0.627. The normalized spacial score (nSPS) is 11.3. The molecule has 0 aliphatic rings. The Morgan fingerprint density at radius 1 is 1.12 bits per heavy atom. The summed E-state index contributed by atoms with van der Waals surface area (Å²) in [5.41, 5.74) is 4.10. The fourth-order valence-electron chi connectivity index (χ4n) is 2.97. The van der Waals surface area contributed by atoms with Crippen molar-refractivity contribution in [3.8, 4) is 0 Å². The molecule has 0 amide bonds. The van der Waals surface area contributed by atoms with E-state index < -0.39 is 0 Å². The molecule has 4 rings (SSSR count). The number of nitrogens with one attached hydrogen (secondary N) is 1. The minimum absolute atomic E-state index is 0.223. The molecule has 0 fully saturated rings. The van der Waals surface area contributed by atoms with Crippen LogP contribution >= 0.6 is 12.2 Å². The predicted octanol–water partition coefficient (Wildman–Crippen LogP) is 4.21. The molecule has 0 atom stereocenters. The summed E-state index contributed by atoms with van der Waals surface area (Å²) in [7, 11) is 1.95. The number of hydrogen-bond donors (Lipinski definition) is 1. The first-order valence-corrected chi connectivity index (χ1v) is 8.44. The number of benzene rings is 2. The van der Waals surface area contributed by atoms with Crippen LogP contribution in [0, 0.1) is 10.6 Å². The molecule has 0 radical (unpaired) electrons. The van der Waals surface area contributed by atoms with Gasteiger partial charge in [0.1, 0.15) is 11.6 Å². The molecule has 2 aromatic heterocycles. The van der Waals surface area contributed by atoms with Gasteiger partial charge in [0.05, 0.1) is 17.6 Å². The Morgan fingerprint density at radius 3 is 2.64 bits per heavy atom. The number of para-hydroxylation sites is 2. The smallest absolute Gasteiger partial charge is 0.180 e. The monoisotopic (exact) mass is 352 g/mol. The van der Waals surface area contributed by atoms with Gasteiger partial charge in [-0.1, -0.05) is 24.3 Å². The molecule has 25 heavy (non-hydrogen) atoms. The van der Waals surface area contributed by atoms with E-state index in [0.717, 1.165) is 32.9 Å². The number of hydrogen-bond acceptors (Lipinski definition) is 2.